The number of pyridine rings is 1. The van der Waals surface area contributed by atoms with Crippen LogP contribution < -0.4 is 5.32 Å². The number of aromatic nitrogens is 2. The van der Waals surface area contributed by atoms with Crippen LogP contribution in [0.5, 0.6) is 0 Å². The van der Waals surface area contributed by atoms with Crippen molar-refractivity contribution < 1.29 is 4.79 Å². The third-order valence-corrected chi connectivity index (χ3v) is 8.18. The van der Waals surface area contributed by atoms with Crippen LogP contribution in [0.25, 0.3) is 22.0 Å². The van der Waals surface area contributed by atoms with Crippen molar-refractivity contribution in [2.45, 2.75) is 55.7 Å². The smallest absolute Gasteiger partial charge is 0.239 e. The Labute approximate surface area is 213 Å². The first-order chi connectivity index (χ1) is 17.1. The first-order valence-corrected chi connectivity index (χ1v) is 13.7. The highest BCUT2D eigenvalue weighted by molar-refractivity contribution is 8.00. The van der Waals surface area contributed by atoms with E-state index in [1.165, 1.54) is 46.9 Å². The van der Waals surface area contributed by atoms with Crippen molar-refractivity contribution in [3.8, 4) is 17.3 Å². The second-order valence-corrected chi connectivity index (χ2v) is 11.0. The zero-order valence-electron chi connectivity index (χ0n) is 19.6. The van der Waals surface area contributed by atoms with Gasteiger partial charge in [-0.15, -0.1) is 11.3 Å². The highest BCUT2D eigenvalue weighted by atomic mass is 32.2. The van der Waals surface area contributed by atoms with Crippen LogP contribution in [-0.4, -0.2) is 21.1 Å². The zero-order valence-corrected chi connectivity index (χ0v) is 21.2. The average Bonchev–Trinajstić information content (AvgIpc) is 3.33. The summed E-state index contributed by atoms with van der Waals surface area (Å²) in [5.41, 5.74) is 4.69. The van der Waals surface area contributed by atoms with Gasteiger partial charge in [0.25, 0.3) is 0 Å². The number of fused-ring (bicyclic) bond motifs is 2. The van der Waals surface area contributed by atoms with Crippen LogP contribution in [0.1, 0.15) is 49.4 Å². The van der Waals surface area contributed by atoms with Crippen molar-refractivity contribution >= 4 is 44.9 Å². The summed E-state index contributed by atoms with van der Waals surface area (Å²) in [7, 11) is 0. The minimum atomic E-state index is -0.408. The Balaban J connectivity index is 1.29. The summed E-state index contributed by atoms with van der Waals surface area (Å²) >= 11 is 2.75. The summed E-state index contributed by atoms with van der Waals surface area (Å²) in [6.07, 6.45) is 6.62. The lowest BCUT2D eigenvalue weighted by atomic mass is 9.96. The maximum Gasteiger partial charge on any atom is 0.239 e. The number of nitriles is 1. The molecule has 1 amide bonds. The molecule has 0 bridgehead atoms. The van der Waals surface area contributed by atoms with Crippen LogP contribution in [0.15, 0.2) is 58.9 Å². The van der Waals surface area contributed by atoms with Crippen LogP contribution in [0, 0.1) is 11.3 Å². The Hall–Kier alpha value is -3.21. The second kappa shape index (κ2) is 10.6. The van der Waals surface area contributed by atoms with E-state index in [2.05, 4.69) is 46.7 Å². The molecular weight excluding hydrogens is 472 g/mol. The third kappa shape index (κ3) is 5.39. The molecule has 5 rings (SSSR count). The van der Waals surface area contributed by atoms with E-state index in [0.29, 0.717) is 15.7 Å². The molecule has 1 N–H and O–H groups in total. The van der Waals surface area contributed by atoms with E-state index in [9.17, 15) is 10.1 Å². The van der Waals surface area contributed by atoms with Crippen molar-refractivity contribution in [1.82, 2.24) is 9.97 Å². The van der Waals surface area contributed by atoms with Crippen LogP contribution in [0.2, 0.25) is 0 Å². The summed E-state index contributed by atoms with van der Waals surface area (Å²) in [6, 6.07) is 18.7. The van der Waals surface area contributed by atoms with Crippen LogP contribution in [0.4, 0.5) is 5.13 Å². The largest absolute Gasteiger partial charge is 0.301 e. The van der Waals surface area contributed by atoms with E-state index in [1.54, 1.807) is 0 Å². The summed E-state index contributed by atoms with van der Waals surface area (Å²) < 4.78 is 0. The van der Waals surface area contributed by atoms with Crippen molar-refractivity contribution in [1.29, 1.82) is 5.26 Å². The number of nitrogens with one attached hydrogen (secondary N) is 1. The minimum Gasteiger partial charge on any atom is -0.301 e. The molecule has 0 aliphatic heterocycles. The average molecular weight is 499 g/mol. The fraction of sp³-hybridized carbons (Fsp3) is 0.286. The molecule has 2 aromatic carbocycles. The van der Waals surface area contributed by atoms with Gasteiger partial charge < -0.3 is 5.32 Å². The molecule has 0 radical (unpaired) electrons. The Bertz CT molecular complexity index is 1420. The van der Waals surface area contributed by atoms with Gasteiger partial charge in [-0.3, -0.25) is 4.79 Å². The predicted molar refractivity (Wildman–Crippen MR) is 144 cm³/mol. The number of thiazole rings is 1. The predicted octanol–water partition coefficient (Wildman–Crippen LogP) is 7.01. The number of nitrogens with zero attached hydrogens (tertiary/aromatic N) is 3. The third-order valence-electron chi connectivity index (χ3n) is 6.32. The minimum absolute atomic E-state index is 0.146. The summed E-state index contributed by atoms with van der Waals surface area (Å²) in [5, 5.41) is 17.7. The lowest BCUT2D eigenvalue weighted by Crippen LogP contribution is -2.22. The van der Waals surface area contributed by atoms with Gasteiger partial charge in [-0.1, -0.05) is 61.0 Å². The monoisotopic (exact) mass is 498 g/mol. The first kappa shape index (κ1) is 23.5. The Kier molecular flexibility index (Phi) is 7.12. The highest BCUT2D eigenvalue weighted by Crippen LogP contribution is 2.31. The van der Waals surface area contributed by atoms with Gasteiger partial charge in [0, 0.05) is 16.6 Å². The highest BCUT2D eigenvalue weighted by Gasteiger charge is 2.21. The van der Waals surface area contributed by atoms with Crippen LogP contribution in [0.3, 0.4) is 0 Å². The van der Waals surface area contributed by atoms with Crippen LogP contribution >= 0.6 is 23.1 Å². The molecular formula is C28H26N4OS2. The molecule has 7 heteroatoms. The lowest BCUT2D eigenvalue weighted by molar-refractivity contribution is -0.115. The SMILES string of the molecule is CC(Sc1nc2c(cc1C#N)CCCCCC2)C(=O)Nc1nc(-c2ccc3ccccc3c2)cs1. The Morgan fingerprint density at radius 2 is 1.86 bits per heavy atom. The number of thioether (sulfide) groups is 1. The molecule has 4 aromatic rings. The van der Waals surface area contributed by atoms with Crippen LogP contribution in [-0.2, 0) is 17.6 Å². The van der Waals surface area contributed by atoms with Gasteiger partial charge in [0.05, 0.1) is 16.5 Å². The molecule has 1 atom stereocenters. The number of hydrogen-bond acceptors (Lipinski definition) is 6. The van der Waals surface area contributed by atoms with Gasteiger partial charge in [-0.25, -0.2) is 9.97 Å². The molecule has 0 fully saturated rings. The van der Waals surface area contributed by atoms with Gasteiger partial charge in [0.1, 0.15) is 11.1 Å². The topological polar surface area (TPSA) is 78.7 Å². The number of rotatable bonds is 5. The quantitative estimate of drug-likeness (QED) is 0.300. The molecule has 1 unspecified atom stereocenters. The zero-order chi connectivity index (χ0) is 24.2. The van der Waals surface area contributed by atoms with Gasteiger partial charge in [0.15, 0.2) is 5.13 Å². The molecule has 2 heterocycles. The molecule has 176 valence electrons. The number of carbonyl (C=O) groups is 1. The molecule has 0 saturated carbocycles. The fourth-order valence-corrected chi connectivity index (χ4v) is 6.00. The molecule has 5 nitrogen and oxygen atoms in total. The lowest BCUT2D eigenvalue weighted by Gasteiger charge is -2.16. The van der Waals surface area contributed by atoms with E-state index in [-0.39, 0.29) is 5.91 Å². The van der Waals surface area contributed by atoms with Gasteiger partial charge in [-0.05, 0) is 61.1 Å². The number of benzene rings is 2. The normalized spacial score (nSPS) is 14.4. The van der Waals surface area contributed by atoms with E-state index < -0.39 is 5.25 Å². The van der Waals surface area contributed by atoms with E-state index in [0.717, 1.165) is 48.0 Å². The number of anilines is 1. The summed E-state index contributed by atoms with van der Waals surface area (Å²) in [6.45, 7) is 1.84. The Morgan fingerprint density at radius 1 is 1.06 bits per heavy atom. The van der Waals surface area contributed by atoms with Gasteiger partial charge in [0.2, 0.25) is 5.91 Å². The van der Waals surface area contributed by atoms with Gasteiger partial charge >= 0.3 is 0 Å². The molecule has 0 spiro atoms. The molecule has 1 aliphatic rings. The fourth-order valence-electron chi connectivity index (χ4n) is 4.38. The number of carbonyl (C=O) groups excluding carboxylic acids is 1. The van der Waals surface area contributed by atoms with Crippen molar-refractivity contribution in [3.63, 3.8) is 0 Å². The standard InChI is InChI=1S/C28H26N4OS2/c1-18(35-27-23(16-29)15-21-10-4-2-3-5-11-24(21)30-27)26(33)32-28-31-25(17-34-28)22-13-12-19-8-6-7-9-20(19)14-22/h6-9,12-15,17-18H,2-5,10-11H2,1H3,(H,31,32,33). The second-order valence-electron chi connectivity index (χ2n) is 8.82. The van der Waals surface area contributed by atoms with Crippen molar-refractivity contribution in [2.24, 2.45) is 0 Å². The van der Waals surface area contributed by atoms with E-state index in [4.69, 9.17) is 4.98 Å². The number of amides is 1. The van der Waals surface area contributed by atoms with E-state index in [1.807, 2.05) is 30.5 Å². The molecule has 2 aromatic heterocycles. The van der Waals surface area contributed by atoms with E-state index >= 15 is 0 Å². The molecule has 35 heavy (non-hydrogen) atoms. The number of hydrogen-bond donors (Lipinski definition) is 1. The maximum absolute atomic E-state index is 13.0. The van der Waals surface area contributed by atoms with Crippen molar-refractivity contribution in [3.05, 3.63) is 70.7 Å². The summed E-state index contributed by atoms with van der Waals surface area (Å²) in [4.78, 5) is 22.4. The Morgan fingerprint density at radius 3 is 2.69 bits per heavy atom. The van der Waals surface area contributed by atoms with Gasteiger partial charge in [-0.2, -0.15) is 5.26 Å². The molecule has 1 aliphatic carbocycles. The maximum atomic E-state index is 13.0. The molecule has 0 saturated heterocycles. The first-order valence-electron chi connectivity index (χ1n) is 12.0. The van der Waals surface area contributed by atoms with Crippen molar-refractivity contribution in [2.75, 3.05) is 5.32 Å². The summed E-state index contributed by atoms with van der Waals surface area (Å²) in [5.74, 6) is -0.146. The number of aryl methyl sites for hydroxylation is 2.